The molecule has 2 heteroatoms. The second-order valence-electron chi connectivity index (χ2n) is 3.53. The van der Waals surface area contributed by atoms with E-state index in [1.54, 1.807) is 6.20 Å². The first-order valence-corrected chi connectivity index (χ1v) is 5.68. The van der Waals surface area contributed by atoms with Crippen LogP contribution in [0.4, 0.5) is 0 Å². The van der Waals surface area contributed by atoms with Crippen LogP contribution in [0.3, 0.4) is 0 Å². The number of aromatic nitrogens is 1. The van der Waals surface area contributed by atoms with Crippen molar-refractivity contribution in [3.05, 3.63) is 30.1 Å². The predicted octanol–water partition coefficient (Wildman–Crippen LogP) is 4.36. The summed E-state index contributed by atoms with van der Waals surface area (Å²) in [5, 5.41) is 0. The summed E-state index contributed by atoms with van der Waals surface area (Å²) in [6.45, 7) is 6.46. The molecule has 0 N–H and O–H groups in total. The van der Waals surface area contributed by atoms with Crippen LogP contribution in [0.15, 0.2) is 24.4 Å². The third-order valence-corrected chi connectivity index (χ3v) is 2.02. The zero-order valence-electron chi connectivity index (χ0n) is 10.1. The summed E-state index contributed by atoms with van der Waals surface area (Å²) in [6.07, 6.45) is 8.80. The molecule has 0 aliphatic carbocycles. The van der Waals surface area contributed by atoms with Crippen LogP contribution in [-0.2, 0) is 16.5 Å². The summed E-state index contributed by atoms with van der Waals surface area (Å²) in [4.78, 5) is 3.98. The van der Waals surface area contributed by atoms with E-state index in [0.29, 0.717) is 0 Å². The van der Waals surface area contributed by atoms with Crippen LogP contribution < -0.4 is 0 Å². The van der Waals surface area contributed by atoms with Crippen LogP contribution in [0.2, 0.25) is 0 Å². The third-order valence-electron chi connectivity index (χ3n) is 2.02. The molecule has 15 heavy (non-hydrogen) atoms. The van der Waals surface area contributed by atoms with Crippen LogP contribution in [0.25, 0.3) is 0 Å². The Labute approximate surface area is 105 Å². The molecule has 1 heterocycles. The second kappa shape index (κ2) is 13.6. The molecule has 1 nitrogen and oxygen atoms in total. The molecule has 0 fully saturated rings. The monoisotopic (exact) mass is 251 g/mol. The van der Waals surface area contributed by atoms with E-state index in [1.165, 1.54) is 32.1 Å². The van der Waals surface area contributed by atoms with Gasteiger partial charge in [0.25, 0.3) is 0 Å². The largest absolute Gasteiger partial charge is 0.262 e. The zero-order chi connectivity index (χ0) is 10.6. The van der Waals surface area contributed by atoms with Gasteiger partial charge in [-0.1, -0.05) is 52.0 Å². The second-order valence-corrected chi connectivity index (χ2v) is 3.53. The van der Waals surface area contributed by atoms with Crippen LogP contribution in [0.1, 0.15) is 51.6 Å². The Morgan fingerprint density at radius 2 is 1.60 bits per heavy atom. The van der Waals surface area contributed by atoms with Crippen LogP contribution in [0, 0.1) is 6.92 Å². The van der Waals surface area contributed by atoms with Crippen molar-refractivity contribution in [1.82, 2.24) is 4.98 Å². The van der Waals surface area contributed by atoms with Crippen LogP contribution in [0.5, 0.6) is 0 Å². The van der Waals surface area contributed by atoms with Gasteiger partial charge in [-0.15, -0.1) is 0 Å². The summed E-state index contributed by atoms with van der Waals surface area (Å²) in [7, 11) is 0. The fourth-order valence-electron chi connectivity index (χ4n) is 1.12. The van der Waals surface area contributed by atoms with E-state index in [-0.39, 0.29) is 16.5 Å². The van der Waals surface area contributed by atoms with Gasteiger partial charge in [0, 0.05) is 28.4 Å². The molecule has 0 aliphatic rings. The topological polar surface area (TPSA) is 12.9 Å². The molecule has 0 atom stereocenters. The maximum atomic E-state index is 3.98. The molecular formula is C13H23NNi. The van der Waals surface area contributed by atoms with Gasteiger partial charge in [0.2, 0.25) is 0 Å². The van der Waals surface area contributed by atoms with Crippen molar-refractivity contribution < 1.29 is 16.5 Å². The summed E-state index contributed by atoms with van der Waals surface area (Å²) < 4.78 is 0. The van der Waals surface area contributed by atoms with E-state index in [2.05, 4.69) is 18.8 Å². The van der Waals surface area contributed by atoms with Crippen LogP contribution >= 0.6 is 0 Å². The zero-order valence-corrected chi connectivity index (χ0v) is 11.1. The van der Waals surface area contributed by atoms with Crippen molar-refractivity contribution in [2.75, 3.05) is 0 Å². The van der Waals surface area contributed by atoms with Gasteiger partial charge < -0.3 is 0 Å². The first-order chi connectivity index (χ1) is 6.81. The number of nitrogens with zero attached hydrogens (tertiary/aromatic N) is 1. The van der Waals surface area contributed by atoms with Gasteiger partial charge in [-0.3, -0.25) is 4.98 Å². The van der Waals surface area contributed by atoms with Gasteiger partial charge in [0.15, 0.2) is 0 Å². The summed E-state index contributed by atoms with van der Waals surface area (Å²) >= 11 is 0. The average Bonchev–Trinajstić information content (AvgIpc) is 2.21. The standard InChI is InChI=1S/C7H16.C6H7N.Ni/c1-3-5-7-6-4-2;1-6-4-2-3-5-7-6;/h3-7H2,1-2H3;2-5H,1H3;. The summed E-state index contributed by atoms with van der Waals surface area (Å²) in [5.74, 6) is 0. The van der Waals surface area contributed by atoms with Crippen molar-refractivity contribution in [3.8, 4) is 0 Å². The van der Waals surface area contributed by atoms with Gasteiger partial charge in [-0.25, -0.2) is 0 Å². The number of hydrogen-bond acceptors (Lipinski definition) is 1. The molecule has 1 rings (SSSR count). The normalized spacial score (nSPS) is 8.47. The van der Waals surface area contributed by atoms with Crippen LogP contribution in [-0.4, -0.2) is 4.98 Å². The molecule has 0 saturated heterocycles. The predicted molar refractivity (Wildman–Crippen MR) is 63.4 cm³/mol. The van der Waals surface area contributed by atoms with E-state index >= 15 is 0 Å². The Hall–Kier alpha value is -0.356. The average molecular weight is 252 g/mol. The number of pyridine rings is 1. The van der Waals surface area contributed by atoms with Gasteiger partial charge in [0.05, 0.1) is 0 Å². The van der Waals surface area contributed by atoms with Crippen molar-refractivity contribution in [2.24, 2.45) is 0 Å². The van der Waals surface area contributed by atoms with E-state index in [1.807, 2.05) is 25.1 Å². The molecule has 0 aliphatic heterocycles. The van der Waals surface area contributed by atoms with E-state index in [0.717, 1.165) is 5.69 Å². The molecule has 0 bridgehead atoms. The first-order valence-electron chi connectivity index (χ1n) is 5.68. The summed E-state index contributed by atoms with van der Waals surface area (Å²) in [6, 6.07) is 5.86. The minimum atomic E-state index is 0. The van der Waals surface area contributed by atoms with E-state index in [4.69, 9.17) is 0 Å². The van der Waals surface area contributed by atoms with Crippen molar-refractivity contribution >= 4 is 0 Å². The molecule has 0 saturated carbocycles. The Bertz CT molecular complexity index is 195. The van der Waals surface area contributed by atoms with Gasteiger partial charge >= 0.3 is 0 Å². The fourth-order valence-corrected chi connectivity index (χ4v) is 1.12. The number of rotatable bonds is 4. The van der Waals surface area contributed by atoms with Gasteiger partial charge in [0.1, 0.15) is 0 Å². The van der Waals surface area contributed by atoms with Gasteiger partial charge in [-0.2, -0.15) is 0 Å². The Balaban J connectivity index is 0. The SMILES string of the molecule is CCCCCCC.Cc1ccccn1.[Ni]. The smallest absolute Gasteiger partial charge is 0.0372 e. The molecular weight excluding hydrogens is 229 g/mol. The van der Waals surface area contributed by atoms with Crippen molar-refractivity contribution in [2.45, 2.75) is 52.9 Å². The quantitative estimate of drug-likeness (QED) is 0.572. The number of unbranched alkanes of at least 4 members (excludes halogenated alkanes) is 4. The maximum Gasteiger partial charge on any atom is 0.0372 e. The molecule has 90 valence electrons. The molecule has 0 amide bonds. The fraction of sp³-hybridized carbons (Fsp3) is 0.615. The van der Waals surface area contributed by atoms with E-state index in [9.17, 15) is 0 Å². The minimum Gasteiger partial charge on any atom is -0.262 e. The molecule has 0 spiro atoms. The summed E-state index contributed by atoms with van der Waals surface area (Å²) in [5.41, 5.74) is 1.07. The Kier molecular flexibility index (Phi) is 15.5. The Morgan fingerprint density at radius 1 is 1.00 bits per heavy atom. The minimum absolute atomic E-state index is 0. The maximum absolute atomic E-state index is 3.98. The van der Waals surface area contributed by atoms with Crippen molar-refractivity contribution in [3.63, 3.8) is 0 Å². The number of aryl methyl sites for hydroxylation is 1. The third kappa shape index (κ3) is 13.6. The molecule has 0 aromatic carbocycles. The molecule has 1 aromatic rings. The molecule has 0 unspecified atom stereocenters. The number of hydrogen-bond donors (Lipinski definition) is 0. The first kappa shape index (κ1) is 17.1. The Morgan fingerprint density at radius 3 is 1.87 bits per heavy atom. The van der Waals surface area contributed by atoms with E-state index < -0.39 is 0 Å². The molecule has 1 aromatic heterocycles. The van der Waals surface area contributed by atoms with Crippen molar-refractivity contribution in [1.29, 1.82) is 0 Å². The molecule has 0 radical (unpaired) electrons. The van der Waals surface area contributed by atoms with Gasteiger partial charge in [-0.05, 0) is 19.1 Å².